The summed E-state index contributed by atoms with van der Waals surface area (Å²) in [6.07, 6.45) is 8.41. The van der Waals surface area contributed by atoms with Crippen LogP contribution >= 0.6 is 0 Å². The van der Waals surface area contributed by atoms with Gasteiger partial charge in [-0.3, -0.25) is 14.7 Å². The number of hydrogen-bond donors (Lipinski definition) is 3. The van der Waals surface area contributed by atoms with Crippen molar-refractivity contribution in [2.45, 2.75) is 71.1 Å². The van der Waals surface area contributed by atoms with Crippen molar-refractivity contribution in [3.63, 3.8) is 0 Å². The van der Waals surface area contributed by atoms with Crippen LogP contribution in [-0.4, -0.2) is 33.6 Å². The smallest absolute Gasteiger partial charge is 0.224 e. The van der Waals surface area contributed by atoms with Crippen LogP contribution in [0.4, 0.5) is 5.69 Å². The third kappa shape index (κ3) is 4.26. The van der Waals surface area contributed by atoms with E-state index in [1.54, 1.807) is 6.20 Å². The minimum atomic E-state index is -0.259. The molecule has 38 heavy (non-hydrogen) atoms. The number of benzene rings is 2. The first-order valence-electron chi connectivity index (χ1n) is 14.1. The fourth-order valence-electron chi connectivity index (χ4n) is 7.95. The molecule has 2 fully saturated rings. The molecule has 3 aromatic rings. The maximum absolute atomic E-state index is 13.3. The van der Waals surface area contributed by atoms with Crippen molar-refractivity contribution in [3.8, 4) is 11.5 Å². The van der Waals surface area contributed by atoms with Gasteiger partial charge in [0, 0.05) is 29.3 Å². The van der Waals surface area contributed by atoms with Crippen LogP contribution < -0.4 is 10.1 Å². The van der Waals surface area contributed by atoms with Crippen LogP contribution in [0.1, 0.15) is 75.8 Å². The Labute approximate surface area is 223 Å². The van der Waals surface area contributed by atoms with Crippen LogP contribution in [0.2, 0.25) is 0 Å². The number of hydrogen-bond acceptors (Lipinski definition) is 5. The van der Waals surface area contributed by atoms with E-state index in [9.17, 15) is 14.7 Å². The van der Waals surface area contributed by atoms with Crippen molar-refractivity contribution in [3.05, 3.63) is 47.7 Å². The molecule has 2 aromatic carbocycles. The van der Waals surface area contributed by atoms with Crippen molar-refractivity contribution < 1.29 is 19.4 Å². The number of phenolic OH excluding ortho intramolecular Hbond substituents is 1. The highest BCUT2D eigenvalue weighted by atomic mass is 16.5. The standard InChI is InChI=1S/C31H37N3O4/c1-3-38-27-16-24-18(13-26(27)35)8-10-23-22(24)11-12-31(2)28(36)14-19(30(23)31)5-4-6-29(37)33-21-9-7-20-17-32-34-25(20)15-21/h7,9,13,15-17,19,22-23,30,35H,3-6,8,10-12,14H2,1-2H3,(H,32,34)(H,33,37)/t19-,22-,23+,30-,31+/m0/s1. The lowest BCUT2D eigenvalue weighted by atomic mass is 9.54. The Morgan fingerprint density at radius 3 is 2.97 bits per heavy atom. The third-order valence-corrected chi connectivity index (χ3v) is 9.65. The molecule has 0 bridgehead atoms. The van der Waals surface area contributed by atoms with E-state index < -0.39 is 0 Å². The van der Waals surface area contributed by atoms with Gasteiger partial charge in [-0.2, -0.15) is 5.10 Å². The number of anilines is 1. The van der Waals surface area contributed by atoms with Gasteiger partial charge in [-0.05, 0) is 111 Å². The van der Waals surface area contributed by atoms with Gasteiger partial charge in [0.05, 0.1) is 18.3 Å². The molecule has 1 aromatic heterocycles. The second-order valence-electron chi connectivity index (χ2n) is 11.7. The van der Waals surface area contributed by atoms with E-state index in [0.717, 1.165) is 55.1 Å². The summed E-state index contributed by atoms with van der Waals surface area (Å²) in [6, 6.07) is 9.70. The zero-order chi connectivity index (χ0) is 26.4. The predicted molar refractivity (Wildman–Crippen MR) is 146 cm³/mol. The van der Waals surface area contributed by atoms with Gasteiger partial charge in [0.25, 0.3) is 0 Å². The number of H-pyrrole nitrogens is 1. The number of carbonyl (C=O) groups excluding carboxylic acids is 2. The molecule has 7 nitrogen and oxygen atoms in total. The number of rotatable bonds is 7. The molecule has 3 aliphatic rings. The van der Waals surface area contributed by atoms with E-state index in [1.165, 1.54) is 11.1 Å². The van der Waals surface area contributed by atoms with Crippen LogP contribution in [0.15, 0.2) is 36.5 Å². The highest BCUT2D eigenvalue weighted by Gasteiger charge is 2.58. The summed E-state index contributed by atoms with van der Waals surface area (Å²) >= 11 is 0. The normalized spacial score (nSPS) is 28.0. The van der Waals surface area contributed by atoms with E-state index >= 15 is 0 Å². The Morgan fingerprint density at radius 1 is 1.26 bits per heavy atom. The van der Waals surface area contributed by atoms with Crippen molar-refractivity contribution in [2.75, 3.05) is 11.9 Å². The summed E-state index contributed by atoms with van der Waals surface area (Å²) in [5.74, 6) is 2.72. The lowest BCUT2D eigenvalue weighted by Crippen LogP contribution is -2.44. The number of aromatic hydroxyl groups is 1. The Kier molecular flexibility index (Phi) is 6.40. The summed E-state index contributed by atoms with van der Waals surface area (Å²) in [7, 11) is 0. The maximum atomic E-state index is 13.3. The first-order valence-corrected chi connectivity index (χ1v) is 14.1. The van der Waals surface area contributed by atoms with Crippen LogP contribution in [0.25, 0.3) is 10.9 Å². The van der Waals surface area contributed by atoms with Gasteiger partial charge in [0.1, 0.15) is 5.78 Å². The molecule has 2 saturated carbocycles. The summed E-state index contributed by atoms with van der Waals surface area (Å²) in [5.41, 5.74) is 3.93. The topological polar surface area (TPSA) is 104 Å². The van der Waals surface area contributed by atoms with E-state index in [0.29, 0.717) is 54.7 Å². The van der Waals surface area contributed by atoms with Crippen molar-refractivity contribution >= 4 is 28.3 Å². The minimum Gasteiger partial charge on any atom is -0.504 e. The second kappa shape index (κ2) is 9.75. The monoisotopic (exact) mass is 515 g/mol. The number of amides is 1. The Morgan fingerprint density at radius 2 is 2.13 bits per heavy atom. The summed E-state index contributed by atoms with van der Waals surface area (Å²) in [4.78, 5) is 26.0. The zero-order valence-electron chi connectivity index (χ0n) is 22.3. The summed E-state index contributed by atoms with van der Waals surface area (Å²) in [5, 5.41) is 21.4. The number of ketones is 1. The average Bonchev–Trinajstić information content (AvgIpc) is 3.46. The molecular weight excluding hydrogens is 478 g/mol. The number of ether oxygens (including phenoxy) is 1. The SMILES string of the molecule is CCOc1cc2c(cc1O)CC[C@H]1[C@@H]3[C@@H](CCCC(=O)Nc4ccc5cn[nH]c5c4)CC(=O)[C@@]3(C)CC[C@H]21. The van der Waals surface area contributed by atoms with Crippen molar-refractivity contribution in [1.82, 2.24) is 10.2 Å². The van der Waals surface area contributed by atoms with Gasteiger partial charge < -0.3 is 15.2 Å². The molecule has 1 heterocycles. The number of nitrogens with one attached hydrogen (secondary N) is 2. The largest absolute Gasteiger partial charge is 0.504 e. The number of fused-ring (bicyclic) bond motifs is 6. The molecule has 0 aliphatic heterocycles. The third-order valence-electron chi connectivity index (χ3n) is 9.65. The lowest BCUT2D eigenvalue weighted by Gasteiger charge is -2.50. The molecule has 7 heteroatoms. The maximum Gasteiger partial charge on any atom is 0.224 e. The number of aromatic amines is 1. The molecular formula is C31H37N3O4. The molecule has 5 atom stereocenters. The van der Waals surface area contributed by atoms with E-state index in [2.05, 4.69) is 28.5 Å². The first kappa shape index (κ1) is 25.0. The van der Waals surface area contributed by atoms with Crippen LogP contribution in [-0.2, 0) is 16.0 Å². The fourth-order valence-corrected chi connectivity index (χ4v) is 7.95. The second-order valence-corrected chi connectivity index (χ2v) is 11.7. The summed E-state index contributed by atoms with van der Waals surface area (Å²) < 4.78 is 5.72. The first-order chi connectivity index (χ1) is 18.4. The average molecular weight is 516 g/mol. The van der Waals surface area contributed by atoms with Gasteiger partial charge in [0.2, 0.25) is 5.91 Å². The van der Waals surface area contributed by atoms with Crippen LogP contribution in [0, 0.1) is 23.2 Å². The van der Waals surface area contributed by atoms with Crippen LogP contribution in [0.3, 0.4) is 0 Å². The number of phenols is 1. The molecule has 200 valence electrons. The highest BCUT2D eigenvalue weighted by Crippen LogP contribution is 2.62. The number of aromatic nitrogens is 2. The molecule has 0 radical (unpaired) electrons. The van der Waals surface area contributed by atoms with Crippen molar-refractivity contribution in [2.24, 2.45) is 23.2 Å². The Hall–Kier alpha value is -3.35. The summed E-state index contributed by atoms with van der Waals surface area (Å²) in [6.45, 7) is 4.65. The fraction of sp³-hybridized carbons (Fsp3) is 0.516. The molecule has 0 saturated heterocycles. The van der Waals surface area contributed by atoms with Gasteiger partial charge in [-0.25, -0.2) is 0 Å². The zero-order valence-corrected chi connectivity index (χ0v) is 22.3. The van der Waals surface area contributed by atoms with E-state index in [4.69, 9.17) is 4.74 Å². The van der Waals surface area contributed by atoms with Crippen molar-refractivity contribution in [1.29, 1.82) is 0 Å². The molecule has 6 rings (SSSR count). The number of carbonyl (C=O) groups is 2. The minimum absolute atomic E-state index is 0.00678. The quantitative estimate of drug-likeness (QED) is 0.351. The van der Waals surface area contributed by atoms with E-state index in [-0.39, 0.29) is 17.1 Å². The lowest BCUT2D eigenvalue weighted by molar-refractivity contribution is -0.129. The van der Waals surface area contributed by atoms with Gasteiger partial charge in [-0.15, -0.1) is 0 Å². The molecule has 1 amide bonds. The van der Waals surface area contributed by atoms with E-state index in [1.807, 2.05) is 31.2 Å². The number of Topliss-reactive ketones (excluding diaryl/α,β-unsaturated/α-hetero) is 1. The van der Waals surface area contributed by atoms with Gasteiger partial charge in [0.15, 0.2) is 11.5 Å². The molecule has 0 spiro atoms. The van der Waals surface area contributed by atoms with Gasteiger partial charge in [-0.1, -0.05) is 6.92 Å². The Bertz CT molecular complexity index is 1380. The van der Waals surface area contributed by atoms with Crippen LogP contribution in [0.5, 0.6) is 11.5 Å². The van der Waals surface area contributed by atoms with Gasteiger partial charge >= 0.3 is 0 Å². The Balaban J connectivity index is 1.14. The number of nitrogens with zero attached hydrogens (tertiary/aromatic N) is 1. The molecule has 0 unspecified atom stereocenters. The number of aryl methyl sites for hydroxylation is 1. The predicted octanol–water partition coefficient (Wildman–Crippen LogP) is 6.13. The molecule has 3 N–H and O–H groups in total. The molecule has 3 aliphatic carbocycles. The highest BCUT2D eigenvalue weighted by molar-refractivity contribution is 5.93.